The Balaban J connectivity index is 1.64. The summed E-state index contributed by atoms with van der Waals surface area (Å²) < 4.78 is 0. The zero-order valence-corrected chi connectivity index (χ0v) is 10.0. The van der Waals surface area contributed by atoms with Crippen molar-refractivity contribution in [2.45, 2.75) is 43.7 Å². The van der Waals surface area contributed by atoms with E-state index in [2.05, 4.69) is 4.90 Å². The molecular weight excluding hydrogens is 214 g/mol. The predicted octanol–water partition coefficient (Wildman–Crippen LogP) is 1.32. The van der Waals surface area contributed by atoms with Gasteiger partial charge in [-0.3, -0.25) is 4.79 Å². The SMILES string of the molecule is O=C1C=CCN1C1[C@@H]2CC3C[C@@H]1CC(O)(C3)C2. The molecule has 5 rings (SSSR count). The molecule has 1 aliphatic heterocycles. The van der Waals surface area contributed by atoms with Crippen molar-refractivity contribution in [1.29, 1.82) is 0 Å². The Kier molecular flexibility index (Phi) is 1.87. The Morgan fingerprint density at radius 1 is 1.24 bits per heavy atom. The van der Waals surface area contributed by atoms with Crippen molar-refractivity contribution >= 4 is 5.91 Å². The number of carbonyl (C=O) groups excluding carboxylic acids is 1. The maximum absolute atomic E-state index is 11.9. The van der Waals surface area contributed by atoms with E-state index in [0.717, 1.165) is 31.7 Å². The van der Waals surface area contributed by atoms with Crippen LogP contribution in [0.4, 0.5) is 0 Å². The Hall–Kier alpha value is -0.830. The zero-order valence-electron chi connectivity index (χ0n) is 10.0. The summed E-state index contributed by atoms with van der Waals surface area (Å²) in [5.41, 5.74) is -0.386. The van der Waals surface area contributed by atoms with Gasteiger partial charge in [-0.15, -0.1) is 0 Å². The highest BCUT2D eigenvalue weighted by Crippen LogP contribution is 2.57. The van der Waals surface area contributed by atoms with Crippen LogP contribution in [0.5, 0.6) is 0 Å². The number of carbonyl (C=O) groups is 1. The zero-order chi connectivity index (χ0) is 11.6. The van der Waals surface area contributed by atoms with E-state index in [9.17, 15) is 9.90 Å². The fraction of sp³-hybridized carbons (Fsp3) is 0.786. The molecule has 0 aromatic heterocycles. The third-order valence-corrected chi connectivity index (χ3v) is 5.40. The van der Waals surface area contributed by atoms with Crippen molar-refractivity contribution < 1.29 is 9.90 Å². The normalized spacial score (nSPS) is 51.6. The second-order valence-corrected chi connectivity index (χ2v) is 6.58. The molecule has 3 heteroatoms. The first-order valence-electron chi connectivity index (χ1n) is 6.84. The van der Waals surface area contributed by atoms with Crippen LogP contribution < -0.4 is 0 Å². The highest BCUT2D eigenvalue weighted by atomic mass is 16.3. The van der Waals surface area contributed by atoms with Gasteiger partial charge in [-0.1, -0.05) is 6.08 Å². The number of hydrogen-bond acceptors (Lipinski definition) is 2. The van der Waals surface area contributed by atoms with Crippen LogP contribution in [0.25, 0.3) is 0 Å². The lowest BCUT2D eigenvalue weighted by molar-refractivity contribution is -0.165. The lowest BCUT2D eigenvalue weighted by Crippen LogP contribution is -2.61. The molecule has 4 bridgehead atoms. The quantitative estimate of drug-likeness (QED) is 0.742. The molecule has 0 saturated heterocycles. The summed E-state index contributed by atoms with van der Waals surface area (Å²) in [6, 6.07) is 0.411. The molecule has 0 spiro atoms. The fourth-order valence-corrected chi connectivity index (χ4v) is 5.18. The lowest BCUT2D eigenvalue weighted by Gasteiger charge is -2.59. The van der Waals surface area contributed by atoms with Crippen molar-refractivity contribution in [3.8, 4) is 0 Å². The molecule has 0 unspecified atom stereocenters. The number of hydrogen-bond donors (Lipinski definition) is 1. The summed E-state index contributed by atoms with van der Waals surface area (Å²) in [6.45, 7) is 0.791. The minimum atomic E-state index is -0.386. The van der Waals surface area contributed by atoms with Gasteiger partial charge in [-0.05, 0) is 49.9 Å². The smallest absolute Gasteiger partial charge is 0.246 e. The van der Waals surface area contributed by atoms with Gasteiger partial charge in [0.05, 0.1) is 5.60 Å². The van der Waals surface area contributed by atoms with Gasteiger partial charge in [0.25, 0.3) is 0 Å². The second-order valence-electron chi connectivity index (χ2n) is 6.58. The molecule has 0 aromatic rings. The first kappa shape index (κ1) is 10.1. The summed E-state index contributed by atoms with van der Waals surface area (Å²) >= 11 is 0. The summed E-state index contributed by atoms with van der Waals surface area (Å²) in [4.78, 5) is 13.9. The van der Waals surface area contributed by atoms with Crippen LogP contribution >= 0.6 is 0 Å². The molecule has 3 nitrogen and oxygen atoms in total. The molecule has 1 amide bonds. The lowest BCUT2D eigenvalue weighted by atomic mass is 9.52. The van der Waals surface area contributed by atoms with E-state index in [1.165, 1.54) is 12.8 Å². The summed E-state index contributed by atoms with van der Waals surface area (Å²) in [5.74, 6) is 2.01. The molecule has 1 heterocycles. The van der Waals surface area contributed by atoms with Crippen molar-refractivity contribution in [3.05, 3.63) is 12.2 Å². The average Bonchev–Trinajstić information content (AvgIpc) is 2.61. The van der Waals surface area contributed by atoms with E-state index >= 15 is 0 Å². The van der Waals surface area contributed by atoms with Gasteiger partial charge in [-0.25, -0.2) is 0 Å². The topological polar surface area (TPSA) is 40.5 Å². The molecule has 0 radical (unpaired) electrons. The minimum Gasteiger partial charge on any atom is -0.390 e. The molecule has 0 aromatic carbocycles. The fourth-order valence-electron chi connectivity index (χ4n) is 5.18. The first-order chi connectivity index (χ1) is 8.15. The van der Waals surface area contributed by atoms with Gasteiger partial charge < -0.3 is 10.0 Å². The van der Waals surface area contributed by atoms with Crippen LogP contribution in [0.1, 0.15) is 32.1 Å². The Bertz CT molecular complexity index is 387. The third kappa shape index (κ3) is 1.35. The molecule has 17 heavy (non-hydrogen) atoms. The van der Waals surface area contributed by atoms with Crippen molar-refractivity contribution in [2.24, 2.45) is 17.8 Å². The molecule has 92 valence electrons. The minimum absolute atomic E-state index is 0.189. The monoisotopic (exact) mass is 233 g/mol. The number of nitrogens with zero attached hydrogens (tertiary/aromatic N) is 1. The highest BCUT2D eigenvalue weighted by Gasteiger charge is 2.56. The molecule has 2 atom stereocenters. The average molecular weight is 233 g/mol. The van der Waals surface area contributed by atoms with Gasteiger partial charge in [0.2, 0.25) is 5.91 Å². The summed E-state index contributed by atoms with van der Waals surface area (Å²) in [6.07, 6.45) is 9.00. The Morgan fingerprint density at radius 2 is 1.94 bits per heavy atom. The molecule has 4 fully saturated rings. The second kappa shape index (κ2) is 3.14. The van der Waals surface area contributed by atoms with Crippen LogP contribution in [0.15, 0.2) is 12.2 Å². The van der Waals surface area contributed by atoms with Gasteiger partial charge in [-0.2, -0.15) is 0 Å². The van der Waals surface area contributed by atoms with E-state index < -0.39 is 0 Å². The van der Waals surface area contributed by atoms with Crippen LogP contribution in [0.2, 0.25) is 0 Å². The summed E-state index contributed by atoms with van der Waals surface area (Å²) in [5, 5.41) is 10.5. The van der Waals surface area contributed by atoms with Gasteiger partial charge in [0, 0.05) is 18.7 Å². The van der Waals surface area contributed by atoms with Crippen LogP contribution in [-0.4, -0.2) is 34.1 Å². The van der Waals surface area contributed by atoms with E-state index in [-0.39, 0.29) is 11.5 Å². The Labute approximate surface area is 101 Å². The van der Waals surface area contributed by atoms with E-state index in [1.54, 1.807) is 6.08 Å². The standard InChI is InChI=1S/C14H19NO2/c16-12-2-1-3-15(12)13-10-4-9-5-11(13)8-14(17,6-9)7-10/h1-2,9-11,13,17H,3-8H2/t9?,10-,11-,13?,14?/m1/s1. The largest absolute Gasteiger partial charge is 0.390 e. The van der Waals surface area contributed by atoms with Gasteiger partial charge in [0.1, 0.15) is 0 Å². The van der Waals surface area contributed by atoms with Gasteiger partial charge >= 0.3 is 0 Å². The van der Waals surface area contributed by atoms with E-state index in [1.807, 2.05) is 6.08 Å². The van der Waals surface area contributed by atoms with Crippen molar-refractivity contribution in [1.82, 2.24) is 4.90 Å². The molecular formula is C14H19NO2. The highest BCUT2D eigenvalue weighted by molar-refractivity contribution is 5.90. The van der Waals surface area contributed by atoms with Crippen LogP contribution in [-0.2, 0) is 4.79 Å². The van der Waals surface area contributed by atoms with E-state index in [4.69, 9.17) is 0 Å². The number of rotatable bonds is 1. The number of aliphatic hydroxyl groups is 1. The molecule has 5 aliphatic rings. The predicted molar refractivity (Wildman–Crippen MR) is 63.1 cm³/mol. The molecule has 1 N–H and O–H groups in total. The molecule has 4 saturated carbocycles. The van der Waals surface area contributed by atoms with E-state index in [0.29, 0.717) is 17.9 Å². The number of amides is 1. The maximum atomic E-state index is 11.9. The molecule has 4 aliphatic carbocycles. The maximum Gasteiger partial charge on any atom is 0.246 e. The Morgan fingerprint density at radius 3 is 2.47 bits per heavy atom. The van der Waals surface area contributed by atoms with Gasteiger partial charge in [0.15, 0.2) is 0 Å². The summed E-state index contributed by atoms with van der Waals surface area (Å²) in [7, 11) is 0. The van der Waals surface area contributed by atoms with Crippen LogP contribution in [0, 0.1) is 17.8 Å². The van der Waals surface area contributed by atoms with Crippen molar-refractivity contribution in [2.75, 3.05) is 6.54 Å². The first-order valence-corrected chi connectivity index (χ1v) is 6.84. The van der Waals surface area contributed by atoms with Crippen molar-refractivity contribution in [3.63, 3.8) is 0 Å². The van der Waals surface area contributed by atoms with Crippen LogP contribution in [0.3, 0.4) is 0 Å². The third-order valence-electron chi connectivity index (χ3n) is 5.40.